The van der Waals surface area contributed by atoms with Crippen LogP contribution in [-0.4, -0.2) is 24.7 Å². The molecule has 4 heteroatoms. The van der Waals surface area contributed by atoms with E-state index in [1.165, 1.54) is 7.11 Å². The summed E-state index contributed by atoms with van der Waals surface area (Å²) in [5, 5.41) is 0. The number of hydrogen-bond donors (Lipinski definition) is 1. The second-order valence-electron chi connectivity index (χ2n) is 3.47. The minimum atomic E-state index is -0.390. The molecule has 0 aliphatic rings. The number of ether oxygens (including phenoxy) is 2. The van der Waals surface area contributed by atoms with Crippen LogP contribution < -0.4 is 4.74 Å². The van der Waals surface area contributed by atoms with Gasteiger partial charge in [0.15, 0.2) is 6.61 Å². The predicted octanol–water partition coefficient (Wildman–Crippen LogP) is 2.23. The average Bonchev–Trinajstić information content (AvgIpc) is 2.90. The molecule has 0 aliphatic heterocycles. The number of aromatic amines is 1. The summed E-state index contributed by atoms with van der Waals surface area (Å²) in [4.78, 5) is 14.0. The molecule has 1 heterocycles. The zero-order valence-electron chi connectivity index (χ0n) is 9.47. The van der Waals surface area contributed by atoms with Crippen LogP contribution >= 0.6 is 0 Å². The van der Waals surface area contributed by atoms with Gasteiger partial charge in [-0.05, 0) is 42.0 Å². The number of rotatable bonds is 4. The lowest BCUT2D eigenvalue weighted by atomic mass is 10.1. The topological polar surface area (TPSA) is 51.3 Å². The zero-order valence-corrected chi connectivity index (χ0v) is 9.47. The Kier molecular flexibility index (Phi) is 3.45. The number of nitrogens with one attached hydrogen (secondary N) is 1. The van der Waals surface area contributed by atoms with Crippen molar-refractivity contribution in [2.75, 3.05) is 13.7 Å². The van der Waals surface area contributed by atoms with Gasteiger partial charge in [0, 0.05) is 11.9 Å². The van der Waals surface area contributed by atoms with Crippen molar-refractivity contribution in [3.05, 3.63) is 42.6 Å². The van der Waals surface area contributed by atoms with Gasteiger partial charge in [0.05, 0.1) is 7.11 Å². The number of hydrogen-bond acceptors (Lipinski definition) is 3. The van der Waals surface area contributed by atoms with E-state index in [0.29, 0.717) is 5.75 Å². The van der Waals surface area contributed by atoms with Gasteiger partial charge in [0.25, 0.3) is 0 Å². The van der Waals surface area contributed by atoms with Crippen molar-refractivity contribution in [2.45, 2.75) is 0 Å². The normalized spacial score (nSPS) is 9.94. The van der Waals surface area contributed by atoms with E-state index in [9.17, 15) is 4.79 Å². The third-order valence-corrected chi connectivity index (χ3v) is 2.35. The van der Waals surface area contributed by atoms with Gasteiger partial charge >= 0.3 is 5.97 Å². The molecular formula is C13H13NO3. The third-order valence-electron chi connectivity index (χ3n) is 2.35. The quantitative estimate of drug-likeness (QED) is 0.821. The molecule has 2 rings (SSSR count). The van der Waals surface area contributed by atoms with Crippen LogP contribution in [-0.2, 0) is 9.53 Å². The molecular weight excluding hydrogens is 218 g/mol. The van der Waals surface area contributed by atoms with Gasteiger partial charge in [-0.15, -0.1) is 0 Å². The predicted molar refractivity (Wildman–Crippen MR) is 63.7 cm³/mol. The van der Waals surface area contributed by atoms with Crippen molar-refractivity contribution in [3.63, 3.8) is 0 Å². The molecule has 0 amide bonds. The number of methoxy groups -OCH3 is 1. The van der Waals surface area contributed by atoms with E-state index in [2.05, 4.69) is 9.72 Å². The van der Waals surface area contributed by atoms with E-state index in [1.54, 1.807) is 0 Å². The molecule has 0 bridgehead atoms. The van der Waals surface area contributed by atoms with Gasteiger partial charge in [-0.1, -0.05) is 0 Å². The standard InChI is InChI=1S/C13H13NO3/c1-16-13(15)9-17-11-6-4-10(5-7-11)12-3-2-8-14-12/h2-8,14H,9H2,1H3. The minimum absolute atomic E-state index is 0.0711. The third kappa shape index (κ3) is 2.87. The summed E-state index contributed by atoms with van der Waals surface area (Å²) in [7, 11) is 1.33. The Morgan fingerprint density at radius 2 is 2.00 bits per heavy atom. The monoisotopic (exact) mass is 231 g/mol. The molecule has 4 nitrogen and oxygen atoms in total. The molecule has 1 aromatic heterocycles. The number of carbonyl (C=O) groups is 1. The van der Waals surface area contributed by atoms with E-state index in [-0.39, 0.29) is 6.61 Å². The Morgan fingerprint density at radius 3 is 2.59 bits per heavy atom. The smallest absolute Gasteiger partial charge is 0.343 e. The molecule has 17 heavy (non-hydrogen) atoms. The van der Waals surface area contributed by atoms with Crippen molar-refractivity contribution >= 4 is 5.97 Å². The molecule has 0 saturated carbocycles. The van der Waals surface area contributed by atoms with Crippen molar-refractivity contribution < 1.29 is 14.3 Å². The van der Waals surface area contributed by atoms with E-state index in [1.807, 2.05) is 42.6 Å². The van der Waals surface area contributed by atoms with Gasteiger partial charge in [-0.3, -0.25) is 0 Å². The maximum Gasteiger partial charge on any atom is 0.343 e. The Balaban J connectivity index is 2.01. The SMILES string of the molecule is COC(=O)COc1ccc(-c2ccc[nH]2)cc1. The van der Waals surface area contributed by atoms with Crippen LogP contribution in [0.2, 0.25) is 0 Å². The lowest BCUT2D eigenvalue weighted by Gasteiger charge is -2.05. The van der Waals surface area contributed by atoms with Crippen molar-refractivity contribution in [3.8, 4) is 17.0 Å². The Labute approximate surface area is 99.2 Å². The first-order chi connectivity index (χ1) is 8.29. The maximum absolute atomic E-state index is 10.9. The second-order valence-corrected chi connectivity index (χ2v) is 3.47. The molecule has 0 fully saturated rings. The van der Waals surface area contributed by atoms with Crippen LogP contribution in [0.4, 0.5) is 0 Å². The number of esters is 1. The van der Waals surface area contributed by atoms with E-state index in [4.69, 9.17) is 4.74 Å². The summed E-state index contributed by atoms with van der Waals surface area (Å²) in [6.45, 7) is -0.0711. The fraction of sp³-hybridized carbons (Fsp3) is 0.154. The minimum Gasteiger partial charge on any atom is -0.482 e. The summed E-state index contributed by atoms with van der Waals surface area (Å²) >= 11 is 0. The van der Waals surface area contributed by atoms with Gasteiger partial charge in [0.1, 0.15) is 5.75 Å². The van der Waals surface area contributed by atoms with Crippen LogP contribution in [0.15, 0.2) is 42.6 Å². The molecule has 0 aliphatic carbocycles. The number of benzene rings is 1. The van der Waals surface area contributed by atoms with Crippen molar-refractivity contribution in [1.82, 2.24) is 4.98 Å². The van der Waals surface area contributed by atoms with E-state index >= 15 is 0 Å². The molecule has 1 N–H and O–H groups in total. The van der Waals surface area contributed by atoms with E-state index in [0.717, 1.165) is 11.3 Å². The first-order valence-electron chi connectivity index (χ1n) is 5.23. The summed E-state index contributed by atoms with van der Waals surface area (Å²) in [5.74, 6) is 0.254. The summed E-state index contributed by atoms with van der Waals surface area (Å²) in [6.07, 6.45) is 1.87. The lowest BCUT2D eigenvalue weighted by Crippen LogP contribution is -2.12. The van der Waals surface area contributed by atoms with Crippen LogP contribution in [0.1, 0.15) is 0 Å². The van der Waals surface area contributed by atoms with Crippen molar-refractivity contribution in [1.29, 1.82) is 0 Å². The van der Waals surface area contributed by atoms with Crippen LogP contribution in [0.25, 0.3) is 11.3 Å². The Morgan fingerprint density at radius 1 is 1.24 bits per heavy atom. The first-order valence-corrected chi connectivity index (χ1v) is 5.23. The first kappa shape index (κ1) is 11.3. The molecule has 0 unspecified atom stereocenters. The number of aromatic nitrogens is 1. The molecule has 1 aromatic carbocycles. The molecule has 0 radical (unpaired) electrons. The lowest BCUT2D eigenvalue weighted by molar-refractivity contribution is -0.142. The number of H-pyrrole nitrogens is 1. The molecule has 2 aromatic rings. The highest BCUT2D eigenvalue weighted by molar-refractivity contribution is 5.71. The van der Waals surface area contributed by atoms with Crippen LogP contribution in [0.5, 0.6) is 5.75 Å². The van der Waals surface area contributed by atoms with Crippen LogP contribution in [0, 0.1) is 0 Å². The Hall–Kier alpha value is -2.23. The fourth-order valence-corrected chi connectivity index (χ4v) is 1.44. The molecule has 88 valence electrons. The molecule has 0 atom stereocenters. The maximum atomic E-state index is 10.9. The van der Waals surface area contributed by atoms with Gasteiger partial charge in [0.2, 0.25) is 0 Å². The fourth-order valence-electron chi connectivity index (χ4n) is 1.44. The summed E-state index contributed by atoms with van der Waals surface area (Å²) < 4.78 is 9.73. The summed E-state index contributed by atoms with van der Waals surface area (Å²) in [5.41, 5.74) is 2.12. The summed E-state index contributed by atoms with van der Waals surface area (Å²) in [6, 6.07) is 11.4. The van der Waals surface area contributed by atoms with Crippen LogP contribution in [0.3, 0.4) is 0 Å². The van der Waals surface area contributed by atoms with E-state index < -0.39 is 5.97 Å². The van der Waals surface area contributed by atoms with Gasteiger partial charge in [-0.2, -0.15) is 0 Å². The second kappa shape index (κ2) is 5.21. The highest BCUT2D eigenvalue weighted by atomic mass is 16.6. The highest BCUT2D eigenvalue weighted by Gasteiger charge is 2.02. The van der Waals surface area contributed by atoms with Gasteiger partial charge in [-0.25, -0.2) is 4.79 Å². The molecule has 0 spiro atoms. The Bertz CT molecular complexity index is 474. The van der Waals surface area contributed by atoms with Crippen molar-refractivity contribution in [2.24, 2.45) is 0 Å². The van der Waals surface area contributed by atoms with Gasteiger partial charge < -0.3 is 14.5 Å². The average molecular weight is 231 g/mol. The number of carbonyl (C=O) groups excluding carboxylic acids is 1. The zero-order chi connectivity index (χ0) is 12.1. The highest BCUT2D eigenvalue weighted by Crippen LogP contribution is 2.20. The molecule has 0 saturated heterocycles. The largest absolute Gasteiger partial charge is 0.482 e.